The van der Waals surface area contributed by atoms with Gasteiger partial charge in [-0.1, -0.05) is 29.8 Å². The molecule has 1 saturated heterocycles. The third kappa shape index (κ3) is 2.86. The van der Waals surface area contributed by atoms with E-state index in [1.165, 1.54) is 6.07 Å². The Bertz CT molecular complexity index is 721. The van der Waals surface area contributed by atoms with Crippen LogP contribution in [0, 0.1) is 6.92 Å². The van der Waals surface area contributed by atoms with Crippen molar-refractivity contribution in [1.82, 2.24) is 0 Å². The van der Waals surface area contributed by atoms with Gasteiger partial charge in [0.05, 0.1) is 18.8 Å². The summed E-state index contributed by atoms with van der Waals surface area (Å²) in [5, 5.41) is 10.4. The number of ketones is 1. The van der Waals surface area contributed by atoms with Crippen LogP contribution in [0.4, 0.5) is 0 Å². The van der Waals surface area contributed by atoms with Gasteiger partial charge in [-0.3, -0.25) is 4.79 Å². The minimum atomic E-state index is -0.437. The highest BCUT2D eigenvalue weighted by atomic mass is 35.5. The fourth-order valence-electron chi connectivity index (χ4n) is 2.39. The van der Waals surface area contributed by atoms with E-state index in [1.807, 2.05) is 6.07 Å². The second-order valence-corrected chi connectivity index (χ2v) is 5.55. The summed E-state index contributed by atoms with van der Waals surface area (Å²) in [5.74, 6) is -0.392. The zero-order chi connectivity index (χ0) is 15.7. The van der Waals surface area contributed by atoms with E-state index in [1.54, 1.807) is 31.2 Å². The molecule has 3 rings (SSSR count). The molecule has 0 aromatic heterocycles. The van der Waals surface area contributed by atoms with Gasteiger partial charge in [-0.2, -0.15) is 0 Å². The Hall–Kier alpha value is -1.88. The van der Waals surface area contributed by atoms with Crippen LogP contribution >= 0.6 is 11.6 Å². The van der Waals surface area contributed by atoms with Crippen LogP contribution in [0.15, 0.2) is 36.4 Å². The largest absolute Gasteiger partial charge is 0.507 e. The highest BCUT2D eigenvalue weighted by Crippen LogP contribution is 2.29. The number of carbonyl (C=O) groups is 1. The Morgan fingerprint density at radius 1 is 1.23 bits per heavy atom. The lowest BCUT2D eigenvalue weighted by molar-refractivity contribution is -0.0441. The lowest BCUT2D eigenvalue weighted by atomic mass is 9.99. The third-order valence-corrected chi connectivity index (χ3v) is 3.97. The van der Waals surface area contributed by atoms with Gasteiger partial charge in [0.15, 0.2) is 12.1 Å². The van der Waals surface area contributed by atoms with Crippen molar-refractivity contribution in [2.45, 2.75) is 13.2 Å². The molecule has 2 aromatic carbocycles. The molecule has 1 aliphatic rings. The lowest BCUT2D eigenvalue weighted by Gasteiger charge is -2.11. The smallest absolute Gasteiger partial charge is 0.196 e. The molecular formula is C17H15ClO4. The molecule has 0 saturated carbocycles. The number of carbonyl (C=O) groups excluding carboxylic acids is 1. The number of phenolic OH excluding ortho intramolecular Hbond substituents is 1. The minimum absolute atomic E-state index is 0.126. The fraction of sp³-hybridized carbons (Fsp3) is 0.235. The quantitative estimate of drug-likeness (QED) is 0.878. The van der Waals surface area contributed by atoms with Crippen molar-refractivity contribution in [3.05, 3.63) is 63.7 Å². The first-order chi connectivity index (χ1) is 10.6. The van der Waals surface area contributed by atoms with Crippen molar-refractivity contribution in [3.8, 4) is 5.75 Å². The Morgan fingerprint density at radius 2 is 1.95 bits per heavy atom. The average molecular weight is 319 g/mol. The van der Waals surface area contributed by atoms with Gasteiger partial charge in [0.1, 0.15) is 5.75 Å². The van der Waals surface area contributed by atoms with Crippen molar-refractivity contribution in [3.63, 3.8) is 0 Å². The van der Waals surface area contributed by atoms with Crippen LogP contribution in [-0.2, 0) is 9.47 Å². The number of hydrogen-bond donors (Lipinski definition) is 1. The van der Waals surface area contributed by atoms with E-state index in [-0.39, 0.29) is 17.1 Å². The van der Waals surface area contributed by atoms with Crippen molar-refractivity contribution in [2.75, 3.05) is 13.2 Å². The molecule has 1 aliphatic heterocycles. The van der Waals surface area contributed by atoms with Crippen LogP contribution in [0.25, 0.3) is 0 Å². The van der Waals surface area contributed by atoms with E-state index in [4.69, 9.17) is 21.1 Å². The van der Waals surface area contributed by atoms with Crippen LogP contribution in [0.1, 0.15) is 33.3 Å². The molecule has 0 bridgehead atoms. The van der Waals surface area contributed by atoms with E-state index in [9.17, 15) is 9.90 Å². The first-order valence-corrected chi connectivity index (χ1v) is 7.31. The summed E-state index contributed by atoms with van der Waals surface area (Å²) in [6, 6.07) is 10.0. The van der Waals surface area contributed by atoms with Crippen molar-refractivity contribution in [1.29, 1.82) is 0 Å². The predicted molar refractivity (Wildman–Crippen MR) is 82.4 cm³/mol. The van der Waals surface area contributed by atoms with Gasteiger partial charge in [0.25, 0.3) is 0 Å². The van der Waals surface area contributed by atoms with E-state index in [0.29, 0.717) is 23.8 Å². The monoisotopic (exact) mass is 318 g/mol. The summed E-state index contributed by atoms with van der Waals surface area (Å²) >= 11 is 5.94. The third-order valence-electron chi connectivity index (χ3n) is 3.56. The van der Waals surface area contributed by atoms with Gasteiger partial charge in [0.2, 0.25) is 0 Å². The molecule has 1 N–H and O–H groups in total. The van der Waals surface area contributed by atoms with Gasteiger partial charge in [0, 0.05) is 16.1 Å². The zero-order valence-corrected chi connectivity index (χ0v) is 12.8. The Labute approximate surface area is 133 Å². The molecule has 5 heteroatoms. The molecule has 0 amide bonds. The molecule has 0 radical (unpaired) electrons. The molecule has 0 unspecified atom stereocenters. The zero-order valence-electron chi connectivity index (χ0n) is 12.0. The van der Waals surface area contributed by atoms with Crippen LogP contribution < -0.4 is 0 Å². The number of phenols is 1. The summed E-state index contributed by atoms with van der Waals surface area (Å²) in [6.07, 6.45) is -0.437. The molecule has 2 aromatic rings. The first-order valence-electron chi connectivity index (χ1n) is 6.93. The van der Waals surface area contributed by atoms with Crippen LogP contribution in [0.2, 0.25) is 5.02 Å². The molecule has 1 heterocycles. The van der Waals surface area contributed by atoms with Crippen molar-refractivity contribution >= 4 is 17.4 Å². The Balaban J connectivity index is 1.95. The molecule has 4 nitrogen and oxygen atoms in total. The highest BCUT2D eigenvalue weighted by molar-refractivity contribution is 6.31. The maximum Gasteiger partial charge on any atom is 0.196 e. The van der Waals surface area contributed by atoms with Gasteiger partial charge >= 0.3 is 0 Å². The summed E-state index contributed by atoms with van der Waals surface area (Å²) in [7, 11) is 0. The maximum atomic E-state index is 12.6. The van der Waals surface area contributed by atoms with E-state index >= 15 is 0 Å². The maximum absolute atomic E-state index is 12.6. The molecule has 0 aliphatic carbocycles. The second kappa shape index (κ2) is 6.08. The van der Waals surface area contributed by atoms with Crippen LogP contribution in [-0.4, -0.2) is 24.1 Å². The number of rotatable bonds is 3. The van der Waals surface area contributed by atoms with E-state index in [0.717, 1.165) is 11.1 Å². The van der Waals surface area contributed by atoms with Gasteiger partial charge in [-0.05, 0) is 30.7 Å². The molecule has 1 fully saturated rings. The van der Waals surface area contributed by atoms with Crippen molar-refractivity contribution < 1.29 is 19.4 Å². The summed E-state index contributed by atoms with van der Waals surface area (Å²) in [5.41, 5.74) is 2.22. The molecule has 0 atom stereocenters. The average Bonchev–Trinajstić information content (AvgIpc) is 3.05. The van der Waals surface area contributed by atoms with Gasteiger partial charge < -0.3 is 14.6 Å². The predicted octanol–water partition coefficient (Wildman–Crippen LogP) is 3.63. The second-order valence-electron chi connectivity index (χ2n) is 5.15. The number of aryl methyl sites for hydroxylation is 1. The number of hydrogen-bond acceptors (Lipinski definition) is 4. The topological polar surface area (TPSA) is 55.8 Å². The Morgan fingerprint density at radius 3 is 2.68 bits per heavy atom. The molecule has 22 heavy (non-hydrogen) atoms. The highest BCUT2D eigenvalue weighted by Gasteiger charge is 2.21. The molecule has 114 valence electrons. The summed E-state index contributed by atoms with van der Waals surface area (Å²) in [6.45, 7) is 2.87. The number of benzene rings is 2. The van der Waals surface area contributed by atoms with Gasteiger partial charge in [-0.25, -0.2) is 0 Å². The summed E-state index contributed by atoms with van der Waals surface area (Å²) < 4.78 is 10.9. The normalized spacial score (nSPS) is 15.2. The number of aromatic hydroxyl groups is 1. The lowest BCUT2D eigenvalue weighted by Crippen LogP contribution is -2.05. The SMILES string of the molecule is Cc1cc(C(=O)c2cccc(C3OCCO3)c2)c(O)cc1Cl. The minimum Gasteiger partial charge on any atom is -0.507 e. The Kier molecular flexibility index (Phi) is 4.16. The standard InChI is InChI=1S/C17H15ClO4/c1-10-7-13(15(19)9-14(10)18)16(20)11-3-2-4-12(8-11)17-21-5-6-22-17/h2-4,7-9,17,19H,5-6H2,1H3. The summed E-state index contributed by atoms with van der Waals surface area (Å²) in [4.78, 5) is 12.6. The number of ether oxygens (including phenoxy) is 2. The fourth-order valence-corrected chi connectivity index (χ4v) is 2.54. The van der Waals surface area contributed by atoms with E-state index in [2.05, 4.69) is 0 Å². The van der Waals surface area contributed by atoms with Crippen LogP contribution in [0.3, 0.4) is 0 Å². The van der Waals surface area contributed by atoms with E-state index < -0.39 is 6.29 Å². The number of halogens is 1. The molecule has 0 spiro atoms. The first kappa shape index (κ1) is 15.0. The van der Waals surface area contributed by atoms with Crippen LogP contribution in [0.5, 0.6) is 5.75 Å². The van der Waals surface area contributed by atoms with Crippen molar-refractivity contribution in [2.24, 2.45) is 0 Å². The van der Waals surface area contributed by atoms with Gasteiger partial charge in [-0.15, -0.1) is 0 Å². The molecular weight excluding hydrogens is 304 g/mol.